The highest BCUT2D eigenvalue weighted by atomic mass is 19.1. The molecule has 0 fully saturated rings. The highest BCUT2D eigenvalue weighted by Crippen LogP contribution is 2.20. The number of benzene rings is 2. The van der Waals surface area contributed by atoms with E-state index in [1.165, 1.54) is 11.6 Å². The van der Waals surface area contributed by atoms with Crippen LogP contribution in [0, 0.1) is 12.7 Å². The van der Waals surface area contributed by atoms with Crippen LogP contribution in [0.5, 0.6) is 0 Å². The Bertz CT molecular complexity index is 566. The third-order valence-corrected chi connectivity index (χ3v) is 3.30. The summed E-state index contributed by atoms with van der Waals surface area (Å²) in [5.74, 6) is -0.194. The molecular formula is C16H19FN2. The summed E-state index contributed by atoms with van der Waals surface area (Å²) < 4.78 is 13.2. The van der Waals surface area contributed by atoms with Gasteiger partial charge in [-0.1, -0.05) is 18.2 Å². The van der Waals surface area contributed by atoms with Gasteiger partial charge >= 0.3 is 0 Å². The van der Waals surface area contributed by atoms with Gasteiger partial charge in [0, 0.05) is 25.8 Å². The lowest BCUT2D eigenvalue weighted by molar-refractivity contribution is 0.625. The fraction of sp³-hybridized carbons (Fsp3) is 0.250. The second-order valence-electron chi connectivity index (χ2n) is 4.80. The number of hydrogen-bond acceptors (Lipinski definition) is 2. The van der Waals surface area contributed by atoms with Gasteiger partial charge in [0.05, 0.1) is 0 Å². The van der Waals surface area contributed by atoms with Crippen molar-refractivity contribution in [3.05, 3.63) is 65.0 Å². The minimum absolute atomic E-state index is 0.194. The van der Waals surface area contributed by atoms with E-state index in [0.717, 1.165) is 16.8 Å². The van der Waals surface area contributed by atoms with Crippen molar-refractivity contribution in [2.24, 2.45) is 5.73 Å². The quantitative estimate of drug-likeness (QED) is 0.912. The van der Waals surface area contributed by atoms with Crippen LogP contribution in [0.1, 0.15) is 16.7 Å². The molecule has 0 aliphatic heterocycles. The fourth-order valence-corrected chi connectivity index (χ4v) is 2.15. The van der Waals surface area contributed by atoms with Crippen LogP contribution in [0.3, 0.4) is 0 Å². The molecule has 0 spiro atoms. The molecule has 0 aliphatic carbocycles. The average Bonchev–Trinajstić information content (AvgIpc) is 2.38. The van der Waals surface area contributed by atoms with E-state index in [2.05, 4.69) is 24.0 Å². The van der Waals surface area contributed by atoms with Gasteiger partial charge in [-0.2, -0.15) is 0 Å². The van der Waals surface area contributed by atoms with E-state index in [1.807, 2.05) is 19.2 Å². The van der Waals surface area contributed by atoms with Crippen molar-refractivity contribution in [3.8, 4) is 0 Å². The van der Waals surface area contributed by atoms with Crippen LogP contribution in [0.4, 0.5) is 10.1 Å². The van der Waals surface area contributed by atoms with Gasteiger partial charge in [-0.3, -0.25) is 0 Å². The smallest absolute Gasteiger partial charge is 0.123 e. The summed E-state index contributed by atoms with van der Waals surface area (Å²) in [6.45, 7) is 3.29. The number of hydrogen-bond donors (Lipinski definition) is 1. The maximum atomic E-state index is 13.2. The Morgan fingerprint density at radius 3 is 2.58 bits per heavy atom. The zero-order valence-corrected chi connectivity index (χ0v) is 11.4. The van der Waals surface area contributed by atoms with Crippen molar-refractivity contribution in [1.82, 2.24) is 0 Å². The maximum Gasteiger partial charge on any atom is 0.123 e. The Morgan fingerprint density at radius 1 is 1.16 bits per heavy atom. The molecule has 2 N–H and O–H groups in total. The molecule has 0 aromatic heterocycles. The summed E-state index contributed by atoms with van der Waals surface area (Å²) >= 11 is 0. The molecule has 19 heavy (non-hydrogen) atoms. The molecular weight excluding hydrogens is 239 g/mol. The van der Waals surface area contributed by atoms with E-state index in [9.17, 15) is 4.39 Å². The van der Waals surface area contributed by atoms with E-state index in [4.69, 9.17) is 5.73 Å². The fourth-order valence-electron chi connectivity index (χ4n) is 2.15. The molecule has 100 valence electrons. The van der Waals surface area contributed by atoms with Crippen LogP contribution in [0.15, 0.2) is 42.5 Å². The molecule has 0 atom stereocenters. The molecule has 2 aromatic rings. The van der Waals surface area contributed by atoms with Crippen molar-refractivity contribution in [3.63, 3.8) is 0 Å². The Labute approximate surface area is 113 Å². The molecule has 0 aliphatic rings. The van der Waals surface area contributed by atoms with Crippen molar-refractivity contribution >= 4 is 5.69 Å². The van der Waals surface area contributed by atoms with E-state index in [-0.39, 0.29) is 5.82 Å². The molecule has 0 saturated heterocycles. The molecule has 0 bridgehead atoms. The first-order valence-corrected chi connectivity index (χ1v) is 6.35. The number of halogens is 1. The summed E-state index contributed by atoms with van der Waals surface area (Å²) in [5.41, 5.74) is 10.1. The molecule has 0 heterocycles. The highest BCUT2D eigenvalue weighted by Gasteiger charge is 2.05. The zero-order valence-electron chi connectivity index (χ0n) is 11.4. The number of aryl methyl sites for hydroxylation is 1. The molecule has 0 saturated carbocycles. The average molecular weight is 258 g/mol. The van der Waals surface area contributed by atoms with Gasteiger partial charge in [-0.05, 0) is 47.9 Å². The molecule has 2 aromatic carbocycles. The Kier molecular flexibility index (Phi) is 4.17. The Balaban J connectivity index is 2.15. The lowest BCUT2D eigenvalue weighted by Crippen LogP contribution is -2.16. The van der Waals surface area contributed by atoms with Crippen molar-refractivity contribution in [1.29, 1.82) is 0 Å². The molecule has 0 unspecified atom stereocenters. The zero-order chi connectivity index (χ0) is 13.8. The molecule has 3 heteroatoms. The summed E-state index contributed by atoms with van der Waals surface area (Å²) in [5, 5.41) is 0. The van der Waals surface area contributed by atoms with Crippen LogP contribution < -0.4 is 10.6 Å². The van der Waals surface area contributed by atoms with Crippen LogP contribution in [0.25, 0.3) is 0 Å². The van der Waals surface area contributed by atoms with Gasteiger partial charge in [0.25, 0.3) is 0 Å². The second kappa shape index (κ2) is 5.85. The number of nitrogens with zero attached hydrogens (tertiary/aromatic N) is 1. The van der Waals surface area contributed by atoms with Gasteiger partial charge in [0.15, 0.2) is 0 Å². The van der Waals surface area contributed by atoms with Crippen molar-refractivity contribution in [2.45, 2.75) is 20.0 Å². The third-order valence-electron chi connectivity index (χ3n) is 3.30. The van der Waals surface area contributed by atoms with E-state index >= 15 is 0 Å². The summed E-state index contributed by atoms with van der Waals surface area (Å²) in [6.07, 6.45) is 0. The van der Waals surface area contributed by atoms with Gasteiger partial charge < -0.3 is 10.6 Å². The SMILES string of the molecule is Cc1cc(N(C)Cc2cccc(F)c2)ccc1CN. The molecule has 0 radical (unpaired) electrons. The first kappa shape index (κ1) is 13.6. The van der Waals surface area contributed by atoms with Crippen LogP contribution in [0.2, 0.25) is 0 Å². The standard InChI is InChI=1S/C16H19FN2/c1-12-8-16(7-6-14(12)10-18)19(2)11-13-4-3-5-15(17)9-13/h3-9H,10-11,18H2,1-2H3. The first-order valence-electron chi connectivity index (χ1n) is 6.35. The summed E-state index contributed by atoms with van der Waals surface area (Å²) in [6, 6.07) is 12.9. The number of anilines is 1. The van der Waals surface area contributed by atoms with E-state index in [1.54, 1.807) is 12.1 Å². The van der Waals surface area contributed by atoms with Gasteiger partial charge in [0.1, 0.15) is 5.82 Å². The van der Waals surface area contributed by atoms with Crippen LogP contribution in [-0.4, -0.2) is 7.05 Å². The minimum atomic E-state index is -0.194. The van der Waals surface area contributed by atoms with Gasteiger partial charge in [0.2, 0.25) is 0 Å². The highest BCUT2D eigenvalue weighted by molar-refractivity contribution is 5.50. The Hall–Kier alpha value is -1.87. The minimum Gasteiger partial charge on any atom is -0.370 e. The lowest BCUT2D eigenvalue weighted by Gasteiger charge is -2.20. The Morgan fingerprint density at radius 2 is 1.95 bits per heavy atom. The topological polar surface area (TPSA) is 29.3 Å². The second-order valence-corrected chi connectivity index (χ2v) is 4.80. The van der Waals surface area contributed by atoms with Crippen molar-refractivity contribution in [2.75, 3.05) is 11.9 Å². The van der Waals surface area contributed by atoms with E-state index < -0.39 is 0 Å². The third kappa shape index (κ3) is 3.32. The molecule has 2 rings (SSSR count). The normalized spacial score (nSPS) is 10.5. The predicted octanol–water partition coefficient (Wildman–Crippen LogP) is 3.23. The molecule has 0 amide bonds. The van der Waals surface area contributed by atoms with E-state index in [0.29, 0.717) is 13.1 Å². The summed E-state index contributed by atoms with van der Waals surface area (Å²) in [7, 11) is 2.00. The summed E-state index contributed by atoms with van der Waals surface area (Å²) in [4.78, 5) is 2.10. The molecule has 2 nitrogen and oxygen atoms in total. The maximum absolute atomic E-state index is 13.2. The lowest BCUT2D eigenvalue weighted by atomic mass is 10.1. The van der Waals surface area contributed by atoms with Crippen molar-refractivity contribution < 1.29 is 4.39 Å². The van der Waals surface area contributed by atoms with Gasteiger partial charge in [-0.25, -0.2) is 4.39 Å². The largest absolute Gasteiger partial charge is 0.370 e. The predicted molar refractivity (Wildman–Crippen MR) is 77.6 cm³/mol. The first-order chi connectivity index (χ1) is 9.10. The monoisotopic (exact) mass is 258 g/mol. The van der Waals surface area contributed by atoms with Gasteiger partial charge in [-0.15, -0.1) is 0 Å². The van der Waals surface area contributed by atoms with Crippen LogP contribution in [-0.2, 0) is 13.1 Å². The van der Waals surface area contributed by atoms with Crippen LogP contribution >= 0.6 is 0 Å². The number of rotatable bonds is 4. The number of nitrogens with two attached hydrogens (primary N) is 1.